The van der Waals surface area contributed by atoms with E-state index < -0.39 is 5.97 Å². The Labute approximate surface area is 100 Å². The van der Waals surface area contributed by atoms with Gasteiger partial charge in [0.15, 0.2) is 0 Å². The number of aromatic carboxylic acids is 1. The Balaban J connectivity index is 2.36. The normalized spacial score (nSPS) is 16.0. The van der Waals surface area contributed by atoms with Gasteiger partial charge in [-0.1, -0.05) is 0 Å². The van der Waals surface area contributed by atoms with E-state index in [-0.39, 0.29) is 6.04 Å². The highest BCUT2D eigenvalue weighted by Gasteiger charge is 2.21. The minimum absolute atomic E-state index is 0.256. The molecular formula is C12H17N3O2. The van der Waals surface area contributed by atoms with Crippen molar-refractivity contribution in [1.82, 2.24) is 0 Å². The van der Waals surface area contributed by atoms with Crippen molar-refractivity contribution in [2.24, 2.45) is 5.73 Å². The minimum atomic E-state index is -0.904. The number of nitrogens with zero attached hydrogens (tertiary/aromatic N) is 1. The van der Waals surface area contributed by atoms with Crippen molar-refractivity contribution in [3.8, 4) is 0 Å². The van der Waals surface area contributed by atoms with Gasteiger partial charge in [-0.05, 0) is 25.1 Å². The molecule has 1 aliphatic heterocycles. The lowest BCUT2D eigenvalue weighted by Gasteiger charge is -2.36. The van der Waals surface area contributed by atoms with Gasteiger partial charge in [-0.25, -0.2) is 4.79 Å². The van der Waals surface area contributed by atoms with E-state index >= 15 is 0 Å². The molecule has 0 saturated heterocycles. The van der Waals surface area contributed by atoms with Crippen LogP contribution in [0, 0.1) is 0 Å². The molecule has 1 aromatic rings. The third-order valence-electron chi connectivity index (χ3n) is 3.09. The van der Waals surface area contributed by atoms with Crippen molar-refractivity contribution in [3.63, 3.8) is 0 Å². The second-order valence-electron chi connectivity index (χ2n) is 4.24. The number of nitrogens with one attached hydrogen (secondary N) is 1. The largest absolute Gasteiger partial charge is 0.478 e. The molecular weight excluding hydrogens is 218 g/mol. The van der Waals surface area contributed by atoms with Gasteiger partial charge in [0.1, 0.15) is 0 Å². The van der Waals surface area contributed by atoms with Crippen LogP contribution in [0.3, 0.4) is 0 Å². The molecule has 5 heteroatoms. The molecule has 5 nitrogen and oxygen atoms in total. The van der Waals surface area contributed by atoms with Crippen LogP contribution in [0.2, 0.25) is 0 Å². The minimum Gasteiger partial charge on any atom is -0.478 e. The van der Waals surface area contributed by atoms with E-state index in [2.05, 4.69) is 17.1 Å². The molecule has 0 amide bonds. The molecule has 17 heavy (non-hydrogen) atoms. The summed E-state index contributed by atoms with van der Waals surface area (Å²) in [7, 11) is 0. The Morgan fingerprint density at radius 3 is 3.06 bits per heavy atom. The fourth-order valence-corrected chi connectivity index (χ4v) is 2.08. The van der Waals surface area contributed by atoms with Gasteiger partial charge in [0.25, 0.3) is 0 Å². The van der Waals surface area contributed by atoms with Crippen LogP contribution in [0.5, 0.6) is 0 Å². The fraction of sp³-hybridized carbons (Fsp3) is 0.417. The third-order valence-corrected chi connectivity index (χ3v) is 3.09. The molecule has 4 N–H and O–H groups in total. The lowest BCUT2D eigenvalue weighted by molar-refractivity contribution is 0.0697. The van der Waals surface area contributed by atoms with Gasteiger partial charge in [0, 0.05) is 25.7 Å². The summed E-state index contributed by atoms with van der Waals surface area (Å²) in [5.74, 6) is -0.904. The van der Waals surface area contributed by atoms with Crippen LogP contribution in [-0.4, -0.2) is 36.8 Å². The maximum atomic E-state index is 10.9. The second-order valence-corrected chi connectivity index (χ2v) is 4.24. The van der Waals surface area contributed by atoms with Gasteiger partial charge in [-0.15, -0.1) is 0 Å². The first-order valence-corrected chi connectivity index (χ1v) is 5.71. The molecule has 0 radical (unpaired) electrons. The van der Waals surface area contributed by atoms with Crippen LogP contribution in [-0.2, 0) is 0 Å². The number of carboxylic acid groups (broad SMARTS) is 1. The molecule has 0 spiro atoms. The van der Waals surface area contributed by atoms with Crippen molar-refractivity contribution in [1.29, 1.82) is 0 Å². The summed E-state index contributed by atoms with van der Waals surface area (Å²) in [4.78, 5) is 13.1. The summed E-state index contributed by atoms with van der Waals surface area (Å²) in [6, 6.07) is 5.40. The van der Waals surface area contributed by atoms with Crippen LogP contribution >= 0.6 is 0 Å². The number of anilines is 2. The Morgan fingerprint density at radius 1 is 1.65 bits per heavy atom. The predicted octanol–water partition coefficient (Wildman–Crippen LogP) is 0.964. The molecule has 0 fully saturated rings. The zero-order chi connectivity index (χ0) is 12.4. The molecule has 2 rings (SSSR count). The van der Waals surface area contributed by atoms with E-state index in [0.29, 0.717) is 12.1 Å². The van der Waals surface area contributed by atoms with Crippen molar-refractivity contribution in [3.05, 3.63) is 23.8 Å². The maximum Gasteiger partial charge on any atom is 0.335 e. The topological polar surface area (TPSA) is 78.6 Å². The van der Waals surface area contributed by atoms with Gasteiger partial charge < -0.3 is 21.1 Å². The van der Waals surface area contributed by atoms with E-state index in [9.17, 15) is 4.79 Å². The summed E-state index contributed by atoms with van der Waals surface area (Å²) >= 11 is 0. The van der Waals surface area contributed by atoms with Crippen molar-refractivity contribution in [2.45, 2.75) is 13.0 Å². The fourth-order valence-electron chi connectivity index (χ4n) is 2.08. The highest BCUT2D eigenvalue weighted by atomic mass is 16.4. The standard InChI is InChI=1S/C12H17N3O2/c1-8(7-13)15-5-4-14-10-6-9(12(16)17)2-3-11(10)15/h2-3,6,8,14H,4-5,7,13H2,1H3,(H,16,17). The first-order chi connectivity index (χ1) is 8.13. The molecule has 92 valence electrons. The summed E-state index contributed by atoms with van der Waals surface area (Å²) in [6.45, 7) is 4.35. The average molecular weight is 235 g/mol. The van der Waals surface area contributed by atoms with E-state index in [1.54, 1.807) is 12.1 Å². The van der Waals surface area contributed by atoms with Crippen LogP contribution in [0.25, 0.3) is 0 Å². The first-order valence-electron chi connectivity index (χ1n) is 5.71. The smallest absolute Gasteiger partial charge is 0.335 e. The number of rotatable bonds is 3. The number of benzene rings is 1. The Morgan fingerprint density at radius 2 is 2.41 bits per heavy atom. The van der Waals surface area contributed by atoms with Crippen LogP contribution in [0.1, 0.15) is 17.3 Å². The molecule has 1 heterocycles. The first kappa shape index (κ1) is 11.7. The number of carboxylic acids is 1. The Kier molecular flexibility index (Phi) is 3.19. The van der Waals surface area contributed by atoms with Gasteiger partial charge >= 0.3 is 5.97 Å². The summed E-state index contributed by atoms with van der Waals surface area (Å²) in [6.07, 6.45) is 0. The highest BCUT2D eigenvalue weighted by molar-refractivity contribution is 5.91. The van der Waals surface area contributed by atoms with E-state index in [1.165, 1.54) is 0 Å². The molecule has 0 bridgehead atoms. The third kappa shape index (κ3) is 2.19. The monoisotopic (exact) mass is 235 g/mol. The van der Waals surface area contributed by atoms with Crippen LogP contribution in [0.4, 0.5) is 11.4 Å². The number of fused-ring (bicyclic) bond motifs is 1. The second kappa shape index (κ2) is 4.63. The van der Waals surface area contributed by atoms with Crippen molar-refractivity contribution in [2.75, 3.05) is 29.9 Å². The Bertz CT molecular complexity index is 434. The van der Waals surface area contributed by atoms with Crippen LogP contribution in [0.15, 0.2) is 18.2 Å². The van der Waals surface area contributed by atoms with E-state index in [1.807, 2.05) is 6.07 Å². The molecule has 0 aliphatic carbocycles. The summed E-state index contributed by atoms with van der Waals surface area (Å²) < 4.78 is 0. The molecule has 1 atom stereocenters. The zero-order valence-electron chi connectivity index (χ0n) is 9.81. The van der Waals surface area contributed by atoms with Crippen LogP contribution < -0.4 is 16.0 Å². The number of hydrogen-bond donors (Lipinski definition) is 3. The lowest BCUT2D eigenvalue weighted by atomic mass is 10.1. The van der Waals surface area contributed by atoms with Gasteiger partial charge in [-0.3, -0.25) is 0 Å². The predicted molar refractivity (Wildman–Crippen MR) is 67.8 cm³/mol. The number of nitrogens with two attached hydrogens (primary N) is 1. The number of carbonyl (C=O) groups is 1. The van der Waals surface area contributed by atoms with Crippen molar-refractivity contribution >= 4 is 17.3 Å². The van der Waals surface area contributed by atoms with Gasteiger partial charge in [0.05, 0.1) is 16.9 Å². The van der Waals surface area contributed by atoms with Gasteiger partial charge in [0.2, 0.25) is 0 Å². The van der Waals surface area contributed by atoms with E-state index in [4.69, 9.17) is 10.8 Å². The molecule has 1 unspecified atom stereocenters. The lowest BCUT2D eigenvalue weighted by Crippen LogP contribution is -2.44. The zero-order valence-corrected chi connectivity index (χ0v) is 9.81. The summed E-state index contributed by atoms with van der Waals surface area (Å²) in [5, 5.41) is 12.2. The average Bonchev–Trinajstić information content (AvgIpc) is 2.36. The summed E-state index contributed by atoms with van der Waals surface area (Å²) in [5.41, 5.74) is 7.88. The van der Waals surface area contributed by atoms with Gasteiger partial charge in [-0.2, -0.15) is 0 Å². The van der Waals surface area contributed by atoms with E-state index in [0.717, 1.165) is 24.5 Å². The number of hydrogen-bond acceptors (Lipinski definition) is 4. The molecule has 1 aromatic carbocycles. The molecule has 0 aromatic heterocycles. The highest BCUT2D eigenvalue weighted by Crippen LogP contribution is 2.31. The SMILES string of the molecule is CC(CN)N1CCNc2cc(C(=O)O)ccc21. The van der Waals surface area contributed by atoms with Crippen molar-refractivity contribution < 1.29 is 9.90 Å². The maximum absolute atomic E-state index is 10.9. The molecule has 0 saturated carbocycles. The molecule has 1 aliphatic rings. The Hall–Kier alpha value is -1.75. The quantitative estimate of drug-likeness (QED) is 0.727.